The molecule has 0 bridgehead atoms. The van der Waals surface area contributed by atoms with Gasteiger partial charge in [-0.3, -0.25) is 14.7 Å². The van der Waals surface area contributed by atoms with E-state index in [9.17, 15) is 18.7 Å². The number of hydrogen-bond acceptors (Lipinski definition) is 3. The molecule has 1 saturated heterocycles. The molecule has 0 spiro atoms. The number of nitrogens with zero attached hydrogens (tertiary/aromatic N) is 2. The average Bonchev–Trinajstić information content (AvgIpc) is 2.99. The molecule has 0 saturated carbocycles. The minimum absolute atomic E-state index is 0.239. The van der Waals surface area contributed by atoms with Crippen LogP contribution in [0.1, 0.15) is 35.8 Å². The maximum Gasteiger partial charge on any atom is 0.320 e. The van der Waals surface area contributed by atoms with E-state index in [-0.39, 0.29) is 5.56 Å². The summed E-state index contributed by atoms with van der Waals surface area (Å²) in [6.07, 6.45) is 1.21. The number of aliphatic carboxylic acids is 1. The molecule has 1 aliphatic heterocycles. The van der Waals surface area contributed by atoms with Crippen molar-refractivity contribution < 1.29 is 18.7 Å². The first-order valence-corrected chi connectivity index (χ1v) is 7.84. The summed E-state index contributed by atoms with van der Waals surface area (Å²) < 4.78 is 27.7. The van der Waals surface area contributed by atoms with Crippen molar-refractivity contribution in [2.45, 2.75) is 31.8 Å². The second kappa shape index (κ2) is 6.65. The maximum absolute atomic E-state index is 14.4. The van der Waals surface area contributed by atoms with Gasteiger partial charge < -0.3 is 5.11 Å². The Morgan fingerprint density at radius 1 is 1.33 bits per heavy atom. The highest BCUT2D eigenvalue weighted by atomic mass is 19.1. The number of benzene rings is 1. The molecule has 3 rings (SSSR count). The first-order chi connectivity index (χ1) is 11.5. The zero-order chi connectivity index (χ0) is 17.3. The van der Waals surface area contributed by atoms with Crippen LogP contribution in [0, 0.1) is 18.6 Å². The second-order valence-corrected chi connectivity index (χ2v) is 6.01. The van der Waals surface area contributed by atoms with E-state index < -0.39 is 29.7 Å². The molecule has 1 aliphatic rings. The van der Waals surface area contributed by atoms with E-state index in [1.807, 2.05) is 13.0 Å². The van der Waals surface area contributed by atoms with Crippen LogP contribution in [0.15, 0.2) is 36.4 Å². The summed E-state index contributed by atoms with van der Waals surface area (Å²) in [4.78, 5) is 17.8. The van der Waals surface area contributed by atoms with E-state index in [2.05, 4.69) is 4.98 Å². The van der Waals surface area contributed by atoms with Crippen LogP contribution in [-0.2, 0) is 4.79 Å². The highest BCUT2D eigenvalue weighted by molar-refractivity contribution is 5.74. The Labute approximate surface area is 138 Å². The van der Waals surface area contributed by atoms with Gasteiger partial charge in [0.2, 0.25) is 0 Å². The van der Waals surface area contributed by atoms with E-state index >= 15 is 0 Å². The normalized spacial score (nSPS) is 19.4. The van der Waals surface area contributed by atoms with Gasteiger partial charge in [0.25, 0.3) is 0 Å². The number of pyridine rings is 1. The highest BCUT2D eigenvalue weighted by Gasteiger charge is 2.38. The van der Waals surface area contributed by atoms with Crippen LogP contribution in [0.25, 0.3) is 0 Å². The number of hydrogen-bond donors (Lipinski definition) is 1. The second-order valence-electron chi connectivity index (χ2n) is 6.01. The molecule has 0 amide bonds. The maximum atomic E-state index is 14.4. The Bertz CT molecular complexity index is 766. The van der Waals surface area contributed by atoms with Crippen LogP contribution in [0.2, 0.25) is 0 Å². The molecule has 6 heteroatoms. The molecule has 0 radical (unpaired) electrons. The third kappa shape index (κ3) is 3.14. The van der Waals surface area contributed by atoms with Gasteiger partial charge >= 0.3 is 5.97 Å². The quantitative estimate of drug-likeness (QED) is 0.933. The first kappa shape index (κ1) is 16.5. The van der Waals surface area contributed by atoms with Gasteiger partial charge in [-0.05, 0) is 38.0 Å². The molecule has 1 aromatic heterocycles. The van der Waals surface area contributed by atoms with Gasteiger partial charge in [-0.25, -0.2) is 8.78 Å². The van der Waals surface area contributed by atoms with Crippen LogP contribution < -0.4 is 0 Å². The Kier molecular flexibility index (Phi) is 4.57. The fourth-order valence-corrected chi connectivity index (χ4v) is 3.31. The molecule has 0 aliphatic carbocycles. The van der Waals surface area contributed by atoms with Gasteiger partial charge in [-0.1, -0.05) is 12.1 Å². The zero-order valence-electron chi connectivity index (χ0n) is 13.2. The predicted molar refractivity (Wildman–Crippen MR) is 84.5 cm³/mol. The fourth-order valence-electron chi connectivity index (χ4n) is 3.31. The molecule has 1 N–H and O–H groups in total. The van der Waals surface area contributed by atoms with Crippen molar-refractivity contribution in [3.05, 3.63) is 65.0 Å². The Morgan fingerprint density at radius 2 is 2.12 bits per heavy atom. The van der Waals surface area contributed by atoms with Crippen LogP contribution in [-0.4, -0.2) is 33.5 Å². The molecule has 4 nitrogen and oxygen atoms in total. The van der Waals surface area contributed by atoms with Gasteiger partial charge in [0.1, 0.15) is 17.7 Å². The zero-order valence-corrected chi connectivity index (χ0v) is 13.2. The van der Waals surface area contributed by atoms with E-state index in [1.54, 1.807) is 17.0 Å². The van der Waals surface area contributed by atoms with E-state index in [1.165, 1.54) is 12.1 Å². The van der Waals surface area contributed by atoms with E-state index in [0.29, 0.717) is 25.1 Å². The van der Waals surface area contributed by atoms with Gasteiger partial charge in [0.15, 0.2) is 0 Å². The minimum Gasteiger partial charge on any atom is -0.480 e. The molecule has 1 aromatic carbocycles. The Morgan fingerprint density at radius 3 is 2.79 bits per heavy atom. The number of aryl methyl sites for hydroxylation is 1. The number of carboxylic acid groups (broad SMARTS) is 1. The number of carboxylic acids is 1. The van der Waals surface area contributed by atoms with Crippen molar-refractivity contribution in [2.24, 2.45) is 0 Å². The molecule has 2 heterocycles. The third-order valence-corrected chi connectivity index (χ3v) is 4.36. The summed E-state index contributed by atoms with van der Waals surface area (Å²) in [6.45, 7) is 2.34. The van der Waals surface area contributed by atoms with Gasteiger partial charge in [-0.15, -0.1) is 0 Å². The van der Waals surface area contributed by atoms with Crippen LogP contribution in [0.4, 0.5) is 8.78 Å². The lowest BCUT2D eigenvalue weighted by Crippen LogP contribution is -2.40. The van der Waals surface area contributed by atoms with Crippen molar-refractivity contribution >= 4 is 5.97 Å². The minimum atomic E-state index is -0.937. The first-order valence-electron chi connectivity index (χ1n) is 7.84. The lowest BCUT2D eigenvalue weighted by molar-refractivity contribution is -0.142. The molecule has 24 heavy (non-hydrogen) atoms. The topological polar surface area (TPSA) is 53.4 Å². The monoisotopic (exact) mass is 332 g/mol. The predicted octanol–water partition coefficient (Wildman–Crippen LogP) is 3.31. The van der Waals surface area contributed by atoms with Crippen LogP contribution in [0.5, 0.6) is 0 Å². The van der Waals surface area contributed by atoms with Crippen molar-refractivity contribution in [1.29, 1.82) is 0 Å². The average molecular weight is 332 g/mol. The number of likely N-dealkylation sites (tertiary alicyclic amines) is 1. The molecular formula is C18H18F2N2O2. The van der Waals surface area contributed by atoms with Crippen LogP contribution >= 0.6 is 0 Å². The molecule has 1 fully saturated rings. The summed E-state index contributed by atoms with van der Waals surface area (Å²) in [5, 5.41) is 9.48. The Balaban J connectivity index is 2.12. The third-order valence-electron chi connectivity index (χ3n) is 4.36. The summed E-state index contributed by atoms with van der Waals surface area (Å²) in [5.74, 6) is -2.30. The number of carbonyl (C=O) groups is 1. The summed E-state index contributed by atoms with van der Waals surface area (Å²) >= 11 is 0. The van der Waals surface area contributed by atoms with Gasteiger partial charge in [0, 0.05) is 23.9 Å². The largest absolute Gasteiger partial charge is 0.480 e. The summed E-state index contributed by atoms with van der Waals surface area (Å²) in [6, 6.07) is 7.39. The van der Waals surface area contributed by atoms with Gasteiger partial charge in [0.05, 0.1) is 11.7 Å². The smallest absolute Gasteiger partial charge is 0.320 e. The van der Waals surface area contributed by atoms with Crippen molar-refractivity contribution in [2.75, 3.05) is 6.54 Å². The fraction of sp³-hybridized carbons (Fsp3) is 0.333. The number of rotatable bonds is 4. The highest BCUT2D eigenvalue weighted by Crippen LogP contribution is 2.35. The number of aromatic nitrogens is 1. The Hall–Kier alpha value is -2.34. The lowest BCUT2D eigenvalue weighted by atomic mass is 9.99. The molecule has 2 unspecified atom stereocenters. The summed E-state index contributed by atoms with van der Waals surface area (Å²) in [5.41, 5.74) is 1.56. The SMILES string of the molecule is Cc1cccc(C(c2ccc(F)cc2F)N2CCCC2C(=O)O)n1. The standard InChI is InChI=1S/C18H18F2N2O2/c1-11-4-2-5-15(21-11)17(13-8-7-12(19)10-14(13)20)22-9-3-6-16(22)18(23)24/h2,4-5,7-8,10,16-17H,3,6,9H2,1H3,(H,23,24). The lowest BCUT2D eigenvalue weighted by Gasteiger charge is -2.31. The van der Waals surface area contributed by atoms with Crippen molar-refractivity contribution in [3.8, 4) is 0 Å². The molecule has 2 aromatic rings. The van der Waals surface area contributed by atoms with Crippen molar-refractivity contribution in [1.82, 2.24) is 9.88 Å². The van der Waals surface area contributed by atoms with E-state index in [0.717, 1.165) is 11.8 Å². The molecule has 2 atom stereocenters. The molecule has 126 valence electrons. The van der Waals surface area contributed by atoms with Crippen LogP contribution in [0.3, 0.4) is 0 Å². The van der Waals surface area contributed by atoms with Gasteiger partial charge in [-0.2, -0.15) is 0 Å². The molecular weight excluding hydrogens is 314 g/mol. The van der Waals surface area contributed by atoms with Crippen molar-refractivity contribution in [3.63, 3.8) is 0 Å². The van der Waals surface area contributed by atoms with E-state index in [4.69, 9.17) is 0 Å². The number of halogens is 2. The summed E-state index contributed by atoms with van der Waals surface area (Å²) in [7, 11) is 0.